The average molecular weight is 525 g/mol. The highest BCUT2D eigenvalue weighted by molar-refractivity contribution is 7.21. The first-order chi connectivity index (χ1) is 18.0. The molecule has 0 fully saturated rings. The maximum absolute atomic E-state index is 13.8. The first kappa shape index (κ1) is 23.1. The summed E-state index contributed by atoms with van der Waals surface area (Å²) < 4.78 is 2.76. The normalized spacial score (nSPS) is 12.2. The van der Waals surface area contributed by atoms with Crippen molar-refractivity contribution in [2.24, 2.45) is 0 Å². The molecule has 37 heavy (non-hydrogen) atoms. The Bertz CT molecular complexity index is 1800. The number of nitrogen functional groups attached to an aromatic ring is 1. The van der Waals surface area contributed by atoms with Gasteiger partial charge in [0.2, 0.25) is 5.95 Å². The molecule has 1 unspecified atom stereocenters. The molecule has 0 aliphatic rings. The van der Waals surface area contributed by atoms with Crippen LogP contribution in [0.3, 0.4) is 0 Å². The van der Waals surface area contributed by atoms with Gasteiger partial charge in [0.1, 0.15) is 10.8 Å². The molecule has 0 bridgehead atoms. The van der Waals surface area contributed by atoms with Gasteiger partial charge >= 0.3 is 0 Å². The minimum atomic E-state index is -0.335. The molecule has 6 aromatic rings. The number of thiazole rings is 1. The summed E-state index contributed by atoms with van der Waals surface area (Å²) in [7, 11) is 0. The van der Waals surface area contributed by atoms with Crippen molar-refractivity contribution in [1.29, 1.82) is 0 Å². The summed E-state index contributed by atoms with van der Waals surface area (Å²) in [4.78, 5) is 27.3. The minimum Gasteiger partial charge on any atom is -0.368 e. The van der Waals surface area contributed by atoms with Crippen molar-refractivity contribution in [3.63, 3.8) is 0 Å². The van der Waals surface area contributed by atoms with E-state index in [1.807, 2.05) is 79.7 Å². The number of rotatable bonds is 5. The molecule has 1 atom stereocenters. The van der Waals surface area contributed by atoms with Gasteiger partial charge in [0.25, 0.3) is 5.56 Å². The Morgan fingerprint density at radius 1 is 1.00 bits per heavy atom. The van der Waals surface area contributed by atoms with Gasteiger partial charge in [-0.1, -0.05) is 54.1 Å². The molecule has 0 aliphatic heterocycles. The molecule has 6 rings (SSSR count). The van der Waals surface area contributed by atoms with Crippen LogP contribution in [-0.2, 0) is 0 Å². The van der Waals surface area contributed by atoms with Crippen LogP contribution in [0.4, 0.5) is 11.8 Å². The number of fused-ring (bicyclic) bond motifs is 2. The van der Waals surface area contributed by atoms with Crippen molar-refractivity contribution < 1.29 is 0 Å². The summed E-state index contributed by atoms with van der Waals surface area (Å²) in [5.41, 5.74) is 8.93. The second-order valence-electron chi connectivity index (χ2n) is 8.59. The average Bonchev–Trinajstić information content (AvgIpc) is 3.33. The third-order valence-corrected chi connectivity index (χ3v) is 7.55. The zero-order valence-electron chi connectivity index (χ0n) is 19.7. The van der Waals surface area contributed by atoms with Gasteiger partial charge in [0.05, 0.1) is 32.2 Å². The summed E-state index contributed by atoms with van der Waals surface area (Å²) in [6.45, 7) is 1.98. The van der Waals surface area contributed by atoms with Crippen LogP contribution >= 0.6 is 22.9 Å². The van der Waals surface area contributed by atoms with Crippen molar-refractivity contribution >= 4 is 55.7 Å². The Morgan fingerprint density at radius 2 is 1.78 bits per heavy atom. The molecule has 3 aromatic carbocycles. The molecule has 3 N–H and O–H groups in total. The van der Waals surface area contributed by atoms with E-state index in [9.17, 15) is 4.79 Å². The molecule has 0 aliphatic carbocycles. The van der Waals surface area contributed by atoms with E-state index >= 15 is 0 Å². The second-order valence-corrected chi connectivity index (χ2v) is 10.0. The van der Waals surface area contributed by atoms with Crippen LogP contribution in [0.15, 0.2) is 89.9 Å². The van der Waals surface area contributed by atoms with Crippen molar-refractivity contribution in [2.45, 2.75) is 13.0 Å². The number of anilines is 2. The molecular weight excluding hydrogens is 504 g/mol. The van der Waals surface area contributed by atoms with E-state index in [-0.39, 0.29) is 17.5 Å². The van der Waals surface area contributed by atoms with E-state index in [4.69, 9.17) is 22.3 Å². The summed E-state index contributed by atoms with van der Waals surface area (Å²) in [5.74, 6) is 0.683. The largest absolute Gasteiger partial charge is 0.368 e. The number of hydrogen-bond donors (Lipinski definition) is 2. The topological polar surface area (TPSA) is 98.7 Å². The van der Waals surface area contributed by atoms with Crippen molar-refractivity contribution in [2.75, 3.05) is 11.1 Å². The Hall–Kier alpha value is -4.27. The number of nitrogens with two attached hydrogens (primary N) is 1. The number of aromatic nitrogens is 4. The fourth-order valence-corrected chi connectivity index (χ4v) is 5.67. The van der Waals surface area contributed by atoms with Crippen LogP contribution in [0.25, 0.3) is 37.2 Å². The molecule has 182 valence electrons. The number of benzene rings is 3. The van der Waals surface area contributed by atoms with Crippen molar-refractivity contribution in [3.8, 4) is 16.3 Å². The Balaban J connectivity index is 1.50. The van der Waals surface area contributed by atoms with E-state index < -0.39 is 0 Å². The quantitative estimate of drug-likeness (QED) is 0.268. The lowest BCUT2D eigenvalue weighted by molar-refractivity contribution is 0.773. The van der Waals surface area contributed by atoms with E-state index in [2.05, 4.69) is 15.3 Å². The summed E-state index contributed by atoms with van der Waals surface area (Å²) in [6, 6.07) is 24.6. The Labute approximate surface area is 221 Å². The van der Waals surface area contributed by atoms with Gasteiger partial charge in [-0.05, 0) is 48.7 Å². The van der Waals surface area contributed by atoms with E-state index in [0.717, 1.165) is 37.6 Å². The summed E-state index contributed by atoms with van der Waals surface area (Å²) >= 11 is 8.01. The highest BCUT2D eigenvalue weighted by Gasteiger charge is 2.20. The Morgan fingerprint density at radius 3 is 2.59 bits per heavy atom. The first-order valence-electron chi connectivity index (χ1n) is 11.6. The van der Waals surface area contributed by atoms with Gasteiger partial charge in [-0.25, -0.2) is 9.97 Å². The fraction of sp³-hybridized carbons (Fsp3) is 0.0714. The zero-order valence-corrected chi connectivity index (χ0v) is 21.3. The molecule has 0 amide bonds. The lowest BCUT2D eigenvalue weighted by Gasteiger charge is -2.22. The monoisotopic (exact) mass is 524 g/mol. The van der Waals surface area contributed by atoms with E-state index in [0.29, 0.717) is 16.2 Å². The lowest BCUT2D eigenvalue weighted by atomic mass is 10.1. The predicted molar refractivity (Wildman–Crippen MR) is 152 cm³/mol. The van der Waals surface area contributed by atoms with Gasteiger partial charge in [0, 0.05) is 17.6 Å². The molecule has 0 radical (unpaired) electrons. The van der Waals surface area contributed by atoms with Crippen LogP contribution < -0.4 is 16.6 Å². The fourth-order valence-electron chi connectivity index (χ4n) is 4.43. The number of para-hydroxylation sites is 2. The van der Waals surface area contributed by atoms with Gasteiger partial charge in [0.15, 0.2) is 0 Å². The van der Waals surface area contributed by atoms with Crippen LogP contribution in [-0.4, -0.2) is 19.5 Å². The highest BCUT2D eigenvalue weighted by Crippen LogP contribution is 2.35. The van der Waals surface area contributed by atoms with Crippen molar-refractivity contribution in [3.05, 3.63) is 106 Å². The SMILES string of the molecule is CC(Nc1nc(N)ncc1-c1nc2ccccc2s1)c1cc2cccc(Cl)c2c(=O)n1-c1ccccc1. The van der Waals surface area contributed by atoms with Crippen LogP contribution in [0.1, 0.15) is 18.7 Å². The van der Waals surface area contributed by atoms with Gasteiger partial charge in [-0.3, -0.25) is 9.36 Å². The van der Waals surface area contributed by atoms with Crippen molar-refractivity contribution in [1.82, 2.24) is 19.5 Å². The standard InChI is InChI=1S/C28H21ClN6OS/c1-16(32-25-19(15-31-28(30)34-25)26-33-21-12-5-6-13-23(21)37-26)22-14-17-8-7-11-20(29)24(17)27(36)35(22)18-9-3-2-4-10-18/h2-16H,1H3,(H3,30,31,32,34). The number of nitrogens with one attached hydrogen (secondary N) is 1. The molecule has 3 aromatic heterocycles. The number of halogens is 1. The van der Waals surface area contributed by atoms with E-state index in [1.54, 1.807) is 28.2 Å². The minimum absolute atomic E-state index is 0.144. The highest BCUT2D eigenvalue weighted by atomic mass is 35.5. The molecule has 0 spiro atoms. The maximum atomic E-state index is 13.8. The van der Waals surface area contributed by atoms with Gasteiger partial charge < -0.3 is 11.1 Å². The Kier molecular flexibility index (Phi) is 5.82. The van der Waals surface area contributed by atoms with Crippen LogP contribution in [0, 0.1) is 0 Å². The maximum Gasteiger partial charge on any atom is 0.264 e. The van der Waals surface area contributed by atoms with Crippen LogP contribution in [0.5, 0.6) is 0 Å². The van der Waals surface area contributed by atoms with Gasteiger partial charge in [-0.2, -0.15) is 4.98 Å². The lowest BCUT2D eigenvalue weighted by Crippen LogP contribution is -2.26. The summed E-state index contributed by atoms with van der Waals surface area (Å²) in [5, 5.41) is 5.91. The molecule has 9 heteroatoms. The molecule has 0 saturated heterocycles. The third-order valence-electron chi connectivity index (χ3n) is 6.17. The van der Waals surface area contributed by atoms with Crippen LogP contribution in [0.2, 0.25) is 5.02 Å². The first-order valence-corrected chi connectivity index (χ1v) is 12.8. The molecular formula is C28H21ClN6OS. The number of pyridine rings is 1. The molecule has 7 nitrogen and oxygen atoms in total. The number of nitrogens with zero attached hydrogens (tertiary/aromatic N) is 4. The molecule has 3 heterocycles. The number of hydrogen-bond acceptors (Lipinski definition) is 7. The molecule has 0 saturated carbocycles. The third kappa shape index (κ3) is 4.20. The summed E-state index contributed by atoms with van der Waals surface area (Å²) in [6.07, 6.45) is 1.68. The smallest absolute Gasteiger partial charge is 0.264 e. The second kappa shape index (κ2) is 9.31. The van der Waals surface area contributed by atoms with Gasteiger partial charge in [-0.15, -0.1) is 11.3 Å². The van der Waals surface area contributed by atoms with E-state index in [1.165, 1.54) is 0 Å². The predicted octanol–water partition coefficient (Wildman–Crippen LogP) is 6.47. The zero-order chi connectivity index (χ0) is 25.5.